The third kappa shape index (κ3) is 3.99. The summed E-state index contributed by atoms with van der Waals surface area (Å²) in [7, 11) is 0. The molecule has 4 saturated carbocycles. The van der Waals surface area contributed by atoms with E-state index in [2.05, 4.69) is 16.2 Å². The summed E-state index contributed by atoms with van der Waals surface area (Å²) >= 11 is 1.32. The Kier molecular flexibility index (Phi) is 5.30. The summed E-state index contributed by atoms with van der Waals surface area (Å²) in [4.78, 5) is 39.3. The van der Waals surface area contributed by atoms with E-state index in [9.17, 15) is 14.4 Å². The van der Waals surface area contributed by atoms with Gasteiger partial charge in [0.2, 0.25) is 5.91 Å². The van der Waals surface area contributed by atoms with E-state index in [4.69, 9.17) is 0 Å². The van der Waals surface area contributed by atoms with Gasteiger partial charge < -0.3 is 5.32 Å². The summed E-state index contributed by atoms with van der Waals surface area (Å²) in [5.41, 5.74) is 5.64. The summed E-state index contributed by atoms with van der Waals surface area (Å²) in [6.07, 6.45) is 6.55. The number of hydrazine groups is 1. The van der Waals surface area contributed by atoms with Gasteiger partial charge in [0.15, 0.2) is 0 Å². The third-order valence-electron chi connectivity index (χ3n) is 7.23. The molecule has 0 saturated heterocycles. The fourth-order valence-corrected chi connectivity index (χ4v) is 6.89. The lowest BCUT2D eigenvalue weighted by Crippen LogP contribution is -2.57. The van der Waals surface area contributed by atoms with Crippen molar-refractivity contribution in [3.05, 3.63) is 58.3 Å². The van der Waals surface area contributed by atoms with Gasteiger partial charge in [-0.25, -0.2) is 0 Å². The number of carbonyl (C=O) groups excluding carboxylic acids is 3. The van der Waals surface area contributed by atoms with Gasteiger partial charge in [-0.2, -0.15) is 0 Å². The molecule has 3 amide bonds. The highest BCUT2D eigenvalue weighted by atomic mass is 32.1. The van der Waals surface area contributed by atoms with Crippen molar-refractivity contribution in [1.29, 1.82) is 0 Å². The first kappa shape index (κ1) is 20.2. The van der Waals surface area contributed by atoms with E-state index in [0.717, 1.165) is 19.3 Å². The van der Waals surface area contributed by atoms with E-state index in [1.54, 1.807) is 24.3 Å². The topological polar surface area (TPSA) is 87.3 Å². The molecule has 4 fully saturated rings. The number of thiophene rings is 1. The number of benzene rings is 1. The molecule has 1 aromatic carbocycles. The van der Waals surface area contributed by atoms with Crippen molar-refractivity contribution in [3.63, 3.8) is 0 Å². The monoisotopic (exact) mass is 437 g/mol. The first-order valence-corrected chi connectivity index (χ1v) is 11.9. The number of rotatable bonds is 5. The van der Waals surface area contributed by atoms with Gasteiger partial charge in [-0.1, -0.05) is 36.4 Å². The second-order valence-electron chi connectivity index (χ2n) is 9.44. The van der Waals surface area contributed by atoms with Gasteiger partial charge in [0.25, 0.3) is 11.8 Å². The molecule has 3 N–H and O–H groups in total. The van der Waals surface area contributed by atoms with Crippen LogP contribution in [0, 0.1) is 23.2 Å². The van der Waals surface area contributed by atoms with Crippen molar-refractivity contribution in [2.75, 3.05) is 0 Å². The van der Waals surface area contributed by atoms with Gasteiger partial charge >= 0.3 is 0 Å². The van der Waals surface area contributed by atoms with Crippen LogP contribution in [0.3, 0.4) is 0 Å². The Morgan fingerprint density at radius 2 is 1.52 bits per heavy atom. The van der Waals surface area contributed by atoms with Crippen molar-refractivity contribution in [2.24, 2.45) is 23.2 Å². The minimum Gasteiger partial charge on any atom is -0.336 e. The summed E-state index contributed by atoms with van der Waals surface area (Å²) in [5, 5.41) is 4.62. The fraction of sp³-hybridized carbons (Fsp3) is 0.458. The molecule has 0 unspecified atom stereocenters. The van der Waals surface area contributed by atoms with E-state index in [0.29, 0.717) is 28.2 Å². The molecule has 6 rings (SSSR count). The number of hydrogen-bond acceptors (Lipinski definition) is 4. The highest BCUT2D eigenvalue weighted by molar-refractivity contribution is 7.12. The van der Waals surface area contributed by atoms with Crippen LogP contribution in [0.4, 0.5) is 0 Å². The largest absolute Gasteiger partial charge is 0.336 e. The van der Waals surface area contributed by atoms with Crippen LogP contribution in [0.15, 0.2) is 47.8 Å². The van der Waals surface area contributed by atoms with Gasteiger partial charge in [0.1, 0.15) is 6.04 Å². The van der Waals surface area contributed by atoms with Crippen molar-refractivity contribution in [1.82, 2.24) is 16.2 Å². The molecule has 1 heterocycles. The van der Waals surface area contributed by atoms with Crippen LogP contribution in [0.1, 0.15) is 59.8 Å². The molecule has 0 spiro atoms. The molecule has 0 aliphatic heterocycles. The standard InChI is InChI=1S/C24H27N3O3S/c28-21(19-7-4-8-31-19)25-20(18-5-2-1-3-6-18)22(29)26-27-23(30)24-12-15-9-16(13-24)11-17(10-15)14-24/h1-8,15-17,20H,9-14H2,(H,25,28)(H,26,29)(H,27,30)/t15?,16?,17?,20-,24?/m0/s1. The molecule has 0 radical (unpaired) electrons. The Morgan fingerprint density at radius 1 is 0.871 bits per heavy atom. The molecule has 162 valence electrons. The molecule has 31 heavy (non-hydrogen) atoms. The molecule has 4 bridgehead atoms. The zero-order chi connectivity index (χ0) is 21.4. The summed E-state index contributed by atoms with van der Waals surface area (Å²) in [6, 6.07) is 11.7. The van der Waals surface area contributed by atoms with Gasteiger partial charge in [-0.3, -0.25) is 25.2 Å². The lowest BCUT2D eigenvalue weighted by Gasteiger charge is -2.55. The number of hydrogen-bond donors (Lipinski definition) is 3. The minimum atomic E-state index is -0.896. The molecule has 1 aromatic heterocycles. The molecule has 4 aliphatic carbocycles. The smallest absolute Gasteiger partial charge is 0.265 e. The van der Waals surface area contributed by atoms with E-state index < -0.39 is 11.9 Å². The highest BCUT2D eigenvalue weighted by Crippen LogP contribution is 2.60. The highest BCUT2D eigenvalue weighted by Gasteiger charge is 2.54. The maximum Gasteiger partial charge on any atom is 0.265 e. The Labute approximate surface area is 185 Å². The van der Waals surface area contributed by atoms with Crippen molar-refractivity contribution in [3.8, 4) is 0 Å². The number of nitrogens with one attached hydrogen (secondary N) is 3. The van der Waals surface area contributed by atoms with Gasteiger partial charge in [-0.05, 0) is 73.3 Å². The maximum atomic E-state index is 13.2. The third-order valence-corrected chi connectivity index (χ3v) is 8.10. The minimum absolute atomic E-state index is 0.0728. The van der Waals surface area contributed by atoms with Crippen molar-refractivity contribution >= 4 is 29.1 Å². The molecular weight excluding hydrogens is 410 g/mol. The fourth-order valence-electron chi connectivity index (χ4n) is 6.27. The van der Waals surface area contributed by atoms with Crippen LogP contribution in [0.2, 0.25) is 0 Å². The van der Waals surface area contributed by atoms with Crippen LogP contribution in [-0.4, -0.2) is 17.7 Å². The second-order valence-corrected chi connectivity index (χ2v) is 10.4. The molecular formula is C24H27N3O3S. The van der Waals surface area contributed by atoms with E-state index in [-0.39, 0.29) is 17.2 Å². The SMILES string of the molecule is O=C(N[C@H](C(=O)NNC(=O)C12CC3CC(CC(C3)C1)C2)c1ccccc1)c1cccs1. The second kappa shape index (κ2) is 8.11. The van der Waals surface area contributed by atoms with Crippen LogP contribution in [0.5, 0.6) is 0 Å². The Balaban J connectivity index is 1.27. The van der Waals surface area contributed by atoms with Crippen LogP contribution in [0.25, 0.3) is 0 Å². The molecule has 1 atom stereocenters. The number of amides is 3. The van der Waals surface area contributed by atoms with Crippen molar-refractivity contribution in [2.45, 2.75) is 44.6 Å². The maximum absolute atomic E-state index is 13.2. The molecule has 4 aliphatic rings. The quantitative estimate of drug-likeness (QED) is 0.625. The van der Waals surface area contributed by atoms with Crippen LogP contribution < -0.4 is 16.2 Å². The first-order valence-electron chi connectivity index (χ1n) is 11.0. The Morgan fingerprint density at radius 3 is 2.10 bits per heavy atom. The zero-order valence-electron chi connectivity index (χ0n) is 17.3. The van der Waals surface area contributed by atoms with Gasteiger partial charge in [0.05, 0.1) is 10.3 Å². The molecule has 6 nitrogen and oxygen atoms in total. The lowest BCUT2D eigenvalue weighted by atomic mass is 9.49. The van der Waals surface area contributed by atoms with Gasteiger partial charge in [0, 0.05) is 0 Å². The predicted octanol–water partition coefficient (Wildman–Crippen LogP) is 3.58. The molecule has 2 aromatic rings. The lowest BCUT2D eigenvalue weighted by molar-refractivity contribution is -0.149. The van der Waals surface area contributed by atoms with Crippen LogP contribution in [-0.2, 0) is 9.59 Å². The van der Waals surface area contributed by atoms with E-state index >= 15 is 0 Å². The average molecular weight is 438 g/mol. The number of carbonyl (C=O) groups is 3. The van der Waals surface area contributed by atoms with Gasteiger partial charge in [-0.15, -0.1) is 11.3 Å². The first-order chi connectivity index (χ1) is 15.0. The van der Waals surface area contributed by atoms with Crippen molar-refractivity contribution < 1.29 is 14.4 Å². The Hall–Kier alpha value is -2.67. The summed E-state index contributed by atoms with van der Waals surface area (Å²) in [6.45, 7) is 0. The average Bonchev–Trinajstić information content (AvgIpc) is 3.30. The van der Waals surface area contributed by atoms with Crippen LogP contribution >= 0.6 is 11.3 Å². The summed E-state index contributed by atoms with van der Waals surface area (Å²) in [5.74, 6) is 1.11. The molecule has 7 heteroatoms. The van der Waals surface area contributed by atoms with E-state index in [1.165, 1.54) is 30.6 Å². The van der Waals surface area contributed by atoms with E-state index in [1.807, 2.05) is 23.6 Å². The predicted molar refractivity (Wildman–Crippen MR) is 118 cm³/mol. The Bertz CT molecular complexity index is 938. The zero-order valence-corrected chi connectivity index (χ0v) is 18.1. The normalized spacial score (nSPS) is 29.2. The summed E-state index contributed by atoms with van der Waals surface area (Å²) < 4.78 is 0.